The number of aromatic nitrogens is 1. The molecule has 0 aliphatic heterocycles. The number of methoxy groups -OCH3 is 1. The molecule has 0 aliphatic carbocycles. The van der Waals surface area contributed by atoms with Gasteiger partial charge in [-0.25, -0.2) is 13.4 Å². The molecule has 6 nitrogen and oxygen atoms in total. The van der Waals surface area contributed by atoms with E-state index in [-0.39, 0.29) is 17.9 Å². The van der Waals surface area contributed by atoms with E-state index in [2.05, 4.69) is 4.98 Å². The van der Waals surface area contributed by atoms with Crippen LogP contribution in [0.1, 0.15) is 22.6 Å². The van der Waals surface area contributed by atoms with Crippen molar-refractivity contribution >= 4 is 27.2 Å². The monoisotopic (exact) mass is 447 g/mol. The number of Topliss-reactive ketones (excluding diaryl/α,β-unsaturated/α-hetero) is 1. The average Bonchev–Trinajstić information content (AvgIpc) is 3.03. The molecule has 1 aromatic heterocycles. The van der Waals surface area contributed by atoms with E-state index in [1.54, 1.807) is 50.4 Å². The van der Waals surface area contributed by atoms with Crippen LogP contribution in [-0.4, -0.2) is 32.0 Å². The fourth-order valence-electron chi connectivity index (χ4n) is 3.01. The van der Waals surface area contributed by atoms with Crippen molar-refractivity contribution in [1.29, 1.82) is 0 Å². The summed E-state index contributed by atoms with van der Waals surface area (Å²) in [4.78, 5) is 16.7. The van der Waals surface area contributed by atoms with Crippen molar-refractivity contribution < 1.29 is 22.4 Å². The molecule has 0 amide bonds. The highest BCUT2D eigenvalue weighted by Gasteiger charge is 2.23. The second kappa shape index (κ2) is 9.02. The van der Waals surface area contributed by atoms with E-state index in [0.717, 1.165) is 5.56 Å². The number of oxazole rings is 1. The molecule has 0 spiro atoms. The zero-order valence-electron chi connectivity index (χ0n) is 16.9. The van der Waals surface area contributed by atoms with E-state index in [1.165, 1.54) is 0 Å². The summed E-state index contributed by atoms with van der Waals surface area (Å²) >= 11 is 6.14. The van der Waals surface area contributed by atoms with Crippen LogP contribution in [-0.2, 0) is 26.8 Å². The van der Waals surface area contributed by atoms with Gasteiger partial charge in [0.25, 0.3) is 0 Å². The van der Waals surface area contributed by atoms with Crippen LogP contribution in [0.2, 0.25) is 5.02 Å². The van der Waals surface area contributed by atoms with E-state index in [0.29, 0.717) is 33.6 Å². The smallest absolute Gasteiger partial charge is 0.226 e. The predicted molar refractivity (Wildman–Crippen MR) is 116 cm³/mol. The number of carbonyl (C=O) groups is 1. The van der Waals surface area contributed by atoms with Gasteiger partial charge in [0.05, 0.1) is 18.6 Å². The summed E-state index contributed by atoms with van der Waals surface area (Å²) in [6.07, 6.45) is -0.0365. The molecule has 8 heteroatoms. The third-order valence-corrected chi connectivity index (χ3v) is 6.37. The Labute approximate surface area is 180 Å². The van der Waals surface area contributed by atoms with Crippen molar-refractivity contribution in [2.75, 3.05) is 12.9 Å². The Bertz CT molecular complexity index is 1180. The summed E-state index contributed by atoms with van der Waals surface area (Å²) in [7, 11) is -2.16. The van der Waals surface area contributed by atoms with Gasteiger partial charge in [-0.05, 0) is 49.2 Å². The maximum absolute atomic E-state index is 12.6. The molecule has 3 aromatic rings. The minimum atomic E-state index is -3.72. The van der Waals surface area contributed by atoms with Crippen LogP contribution in [0.25, 0.3) is 11.5 Å². The number of hydrogen-bond donors (Lipinski definition) is 0. The number of hydrogen-bond acceptors (Lipinski definition) is 6. The van der Waals surface area contributed by atoms with Gasteiger partial charge in [-0.15, -0.1) is 0 Å². The molecule has 0 N–H and O–H groups in total. The third-order valence-electron chi connectivity index (χ3n) is 4.54. The Balaban J connectivity index is 1.72. The Morgan fingerprint density at radius 1 is 1.17 bits per heavy atom. The first kappa shape index (κ1) is 22.1. The number of rotatable bonds is 8. The van der Waals surface area contributed by atoms with E-state index >= 15 is 0 Å². The second-order valence-electron chi connectivity index (χ2n) is 7.10. The van der Waals surface area contributed by atoms with Crippen molar-refractivity contribution in [3.8, 4) is 17.2 Å². The van der Waals surface area contributed by atoms with Gasteiger partial charge in [-0.3, -0.25) is 4.79 Å². The molecule has 30 heavy (non-hydrogen) atoms. The Morgan fingerprint density at radius 3 is 2.63 bits per heavy atom. The van der Waals surface area contributed by atoms with Crippen molar-refractivity contribution in [3.63, 3.8) is 0 Å². The summed E-state index contributed by atoms with van der Waals surface area (Å²) in [6.45, 7) is 3.54. The van der Waals surface area contributed by atoms with Crippen LogP contribution in [0.3, 0.4) is 0 Å². The molecule has 0 aliphatic rings. The normalized spacial score (nSPS) is 11.5. The van der Waals surface area contributed by atoms with E-state index in [4.69, 9.17) is 20.8 Å². The van der Waals surface area contributed by atoms with Gasteiger partial charge in [-0.1, -0.05) is 29.8 Å². The van der Waals surface area contributed by atoms with Crippen LogP contribution < -0.4 is 4.74 Å². The van der Waals surface area contributed by atoms with Crippen LogP contribution in [0, 0.1) is 13.8 Å². The number of ketones is 1. The number of carbonyl (C=O) groups excluding carboxylic acids is 1. The first-order valence-electron chi connectivity index (χ1n) is 9.25. The fourth-order valence-corrected chi connectivity index (χ4v) is 4.69. The van der Waals surface area contributed by atoms with Gasteiger partial charge < -0.3 is 9.15 Å². The Kier molecular flexibility index (Phi) is 6.63. The Morgan fingerprint density at radius 2 is 1.93 bits per heavy atom. The lowest BCUT2D eigenvalue weighted by Crippen LogP contribution is -2.20. The number of aryl methyl sites for hydroxylation is 2. The molecule has 0 bridgehead atoms. The molecule has 2 aromatic carbocycles. The first-order valence-corrected chi connectivity index (χ1v) is 11.4. The molecule has 0 fully saturated rings. The lowest BCUT2D eigenvalue weighted by Gasteiger charge is -2.06. The lowest BCUT2D eigenvalue weighted by atomic mass is 10.1. The fraction of sp³-hybridized carbons (Fsp3) is 0.273. The highest BCUT2D eigenvalue weighted by molar-refractivity contribution is 7.91. The standard InChI is InChI=1S/C22H22ClNO5S/c1-14-7-8-16(20(23)9-14)10-18(25)12-30(26,27)13-21-15(2)29-22(24-21)17-5-4-6-19(11-17)28-3/h4-9,11H,10,12-13H2,1-3H3. The van der Waals surface area contributed by atoms with Crippen molar-refractivity contribution in [2.24, 2.45) is 0 Å². The molecule has 1 heterocycles. The first-order chi connectivity index (χ1) is 14.2. The van der Waals surface area contributed by atoms with Gasteiger partial charge in [-0.2, -0.15) is 0 Å². The zero-order chi connectivity index (χ0) is 21.9. The minimum Gasteiger partial charge on any atom is -0.497 e. The summed E-state index contributed by atoms with van der Waals surface area (Å²) in [6, 6.07) is 12.4. The molecule has 158 valence electrons. The van der Waals surface area contributed by atoms with Gasteiger partial charge in [0.2, 0.25) is 5.89 Å². The predicted octanol–water partition coefficient (Wildman–Crippen LogP) is 4.35. The SMILES string of the molecule is COc1cccc(-c2nc(CS(=O)(=O)CC(=O)Cc3ccc(C)cc3Cl)c(C)o2)c1. The summed E-state index contributed by atoms with van der Waals surface area (Å²) in [5, 5.41) is 0.455. The molecule has 0 saturated heterocycles. The van der Waals surface area contributed by atoms with Gasteiger partial charge in [0.15, 0.2) is 15.6 Å². The van der Waals surface area contributed by atoms with E-state index < -0.39 is 21.4 Å². The van der Waals surface area contributed by atoms with Crippen LogP contribution in [0.15, 0.2) is 46.9 Å². The molecule has 0 radical (unpaired) electrons. The summed E-state index contributed by atoms with van der Waals surface area (Å²) in [5.74, 6) is -0.0508. The van der Waals surface area contributed by atoms with Crippen LogP contribution in [0.5, 0.6) is 5.75 Å². The quantitative estimate of drug-likeness (QED) is 0.510. The summed E-state index contributed by atoms with van der Waals surface area (Å²) in [5.41, 5.74) is 2.54. The average molecular weight is 448 g/mol. The lowest BCUT2D eigenvalue weighted by molar-refractivity contribution is -0.116. The van der Waals surface area contributed by atoms with Gasteiger partial charge in [0.1, 0.15) is 17.3 Å². The van der Waals surface area contributed by atoms with Crippen molar-refractivity contribution in [3.05, 3.63) is 70.1 Å². The molecular weight excluding hydrogens is 426 g/mol. The van der Waals surface area contributed by atoms with E-state index in [9.17, 15) is 13.2 Å². The number of benzene rings is 2. The van der Waals surface area contributed by atoms with Gasteiger partial charge >= 0.3 is 0 Å². The maximum atomic E-state index is 12.6. The topological polar surface area (TPSA) is 86.5 Å². The number of halogens is 1. The molecule has 0 saturated carbocycles. The van der Waals surface area contributed by atoms with Crippen LogP contribution in [0.4, 0.5) is 0 Å². The highest BCUT2D eigenvalue weighted by atomic mass is 35.5. The molecule has 3 rings (SSSR count). The minimum absolute atomic E-state index is 0.0365. The van der Waals surface area contributed by atoms with Gasteiger partial charge in [0, 0.05) is 17.0 Å². The highest BCUT2D eigenvalue weighted by Crippen LogP contribution is 2.26. The molecule has 0 atom stereocenters. The largest absolute Gasteiger partial charge is 0.497 e. The third kappa shape index (κ3) is 5.49. The molecule has 0 unspecified atom stereocenters. The van der Waals surface area contributed by atoms with E-state index in [1.807, 2.05) is 13.0 Å². The van der Waals surface area contributed by atoms with Crippen LogP contribution >= 0.6 is 11.6 Å². The van der Waals surface area contributed by atoms with Crippen molar-refractivity contribution in [1.82, 2.24) is 4.98 Å². The number of ether oxygens (including phenoxy) is 1. The number of sulfone groups is 1. The summed E-state index contributed by atoms with van der Waals surface area (Å²) < 4.78 is 36.0. The number of nitrogens with zero attached hydrogens (tertiary/aromatic N) is 1. The maximum Gasteiger partial charge on any atom is 0.226 e. The zero-order valence-corrected chi connectivity index (χ0v) is 18.5. The molecular formula is C22H22ClNO5S. The van der Waals surface area contributed by atoms with Crippen molar-refractivity contribution in [2.45, 2.75) is 26.0 Å². The Hall–Kier alpha value is -2.64. The second-order valence-corrected chi connectivity index (χ2v) is 9.57.